The van der Waals surface area contributed by atoms with E-state index in [1.54, 1.807) is 6.07 Å². The Kier molecular flexibility index (Phi) is 7.01. The molecule has 1 N–H and O–H groups in total. The van der Waals surface area contributed by atoms with Gasteiger partial charge in [-0.2, -0.15) is 5.10 Å². The molecule has 0 saturated carbocycles. The molecule has 1 atom stereocenters. The van der Waals surface area contributed by atoms with E-state index in [0.29, 0.717) is 39.7 Å². The minimum Gasteiger partial charge on any atom is -0.321 e. The lowest BCUT2D eigenvalue weighted by molar-refractivity contribution is -0.130. The van der Waals surface area contributed by atoms with Crippen LogP contribution in [0.2, 0.25) is 10.0 Å². The van der Waals surface area contributed by atoms with E-state index in [0.717, 1.165) is 33.2 Å². The lowest BCUT2D eigenvalue weighted by Crippen LogP contribution is -2.24. The van der Waals surface area contributed by atoms with Gasteiger partial charge in [0.1, 0.15) is 0 Å². The van der Waals surface area contributed by atoms with E-state index >= 15 is 0 Å². The van der Waals surface area contributed by atoms with Crippen molar-refractivity contribution in [3.05, 3.63) is 140 Å². The summed E-state index contributed by atoms with van der Waals surface area (Å²) in [6, 6.07) is 30.9. The SMILES string of the molecule is CC(=O)N1N=C(c2c(Cc3ccccc3)c3cc(Cl)ccc3[nH]c2=O)CC1c1ccc(-c2ccc(Cl)cc2)cc1. The second-order valence-electron chi connectivity index (χ2n) is 9.92. The van der Waals surface area contributed by atoms with E-state index in [-0.39, 0.29) is 17.5 Å². The fourth-order valence-electron chi connectivity index (χ4n) is 5.37. The molecule has 1 aliphatic rings. The van der Waals surface area contributed by atoms with E-state index in [9.17, 15) is 9.59 Å². The number of H-pyrrole nitrogens is 1. The predicted molar refractivity (Wildman–Crippen MR) is 162 cm³/mol. The lowest BCUT2D eigenvalue weighted by atomic mass is 9.91. The van der Waals surface area contributed by atoms with Crippen LogP contribution in [0.15, 0.2) is 107 Å². The summed E-state index contributed by atoms with van der Waals surface area (Å²) >= 11 is 12.4. The smallest absolute Gasteiger partial charge is 0.257 e. The number of pyridine rings is 1. The normalized spacial score (nSPS) is 14.9. The second-order valence-corrected chi connectivity index (χ2v) is 10.8. The molecule has 198 valence electrons. The summed E-state index contributed by atoms with van der Waals surface area (Å²) in [5.74, 6) is -0.188. The van der Waals surface area contributed by atoms with Crippen molar-refractivity contribution >= 4 is 45.7 Å². The minimum absolute atomic E-state index is 0.188. The van der Waals surface area contributed by atoms with Crippen molar-refractivity contribution < 1.29 is 4.79 Å². The summed E-state index contributed by atoms with van der Waals surface area (Å²) in [7, 11) is 0. The number of carbonyl (C=O) groups excluding carboxylic acids is 1. The zero-order valence-electron chi connectivity index (χ0n) is 21.7. The van der Waals surface area contributed by atoms with Gasteiger partial charge in [0, 0.05) is 34.3 Å². The number of aromatic amines is 1. The van der Waals surface area contributed by atoms with E-state index < -0.39 is 0 Å². The van der Waals surface area contributed by atoms with Crippen LogP contribution >= 0.6 is 23.2 Å². The molecule has 1 aromatic heterocycles. The van der Waals surface area contributed by atoms with Gasteiger partial charge >= 0.3 is 0 Å². The van der Waals surface area contributed by atoms with Crippen molar-refractivity contribution in [2.24, 2.45) is 5.10 Å². The van der Waals surface area contributed by atoms with Gasteiger partial charge in [0.15, 0.2) is 0 Å². The predicted octanol–water partition coefficient (Wildman–Crippen LogP) is 7.79. The molecule has 40 heavy (non-hydrogen) atoms. The lowest BCUT2D eigenvalue weighted by Gasteiger charge is -2.20. The number of aromatic nitrogens is 1. The van der Waals surface area contributed by atoms with Crippen LogP contribution in [0.5, 0.6) is 0 Å². The van der Waals surface area contributed by atoms with Gasteiger partial charge in [-0.05, 0) is 64.6 Å². The third-order valence-electron chi connectivity index (χ3n) is 7.30. The Hall–Kier alpha value is -4.19. The van der Waals surface area contributed by atoms with Crippen LogP contribution in [-0.2, 0) is 11.2 Å². The highest BCUT2D eigenvalue weighted by Gasteiger charge is 2.34. The number of hydrogen-bond donors (Lipinski definition) is 1. The van der Waals surface area contributed by atoms with Crippen LogP contribution in [-0.4, -0.2) is 21.6 Å². The van der Waals surface area contributed by atoms with Crippen molar-refractivity contribution in [1.82, 2.24) is 9.99 Å². The highest BCUT2D eigenvalue weighted by Crippen LogP contribution is 2.35. The summed E-state index contributed by atoms with van der Waals surface area (Å²) in [5, 5.41) is 8.34. The van der Waals surface area contributed by atoms with Crippen molar-refractivity contribution in [3.8, 4) is 11.1 Å². The first-order valence-corrected chi connectivity index (χ1v) is 13.7. The number of rotatable bonds is 5. The Labute approximate surface area is 241 Å². The largest absolute Gasteiger partial charge is 0.321 e. The summed E-state index contributed by atoms with van der Waals surface area (Å²) in [5.41, 5.74) is 6.48. The van der Waals surface area contributed by atoms with Crippen LogP contribution in [0.1, 0.15) is 41.6 Å². The summed E-state index contributed by atoms with van der Waals surface area (Å²) in [6.07, 6.45) is 0.938. The molecule has 5 nitrogen and oxygen atoms in total. The first-order chi connectivity index (χ1) is 19.4. The number of amides is 1. The number of hydrogen-bond acceptors (Lipinski definition) is 3. The molecule has 1 unspecified atom stereocenters. The molecule has 0 radical (unpaired) electrons. The summed E-state index contributed by atoms with van der Waals surface area (Å²) in [6.45, 7) is 1.50. The van der Waals surface area contributed by atoms with Gasteiger partial charge in [-0.15, -0.1) is 0 Å². The summed E-state index contributed by atoms with van der Waals surface area (Å²) in [4.78, 5) is 29.3. The molecule has 5 aromatic rings. The van der Waals surface area contributed by atoms with E-state index in [1.165, 1.54) is 11.9 Å². The second kappa shape index (κ2) is 10.8. The Balaban J connectivity index is 1.42. The van der Waals surface area contributed by atoms with Crippen LogP contribution in [0.4, 0.5) is 0 Å². The molecular formula is C33H25Cl2N3O2. The Morgan fingerprint density at radius 1 is 0.900 bits per heavy atom. The number of benzene rings is 4. The standard InChI is InChI=1S/C33H25Cl2N3O2/c1-20(39)38-31(24-9-7-22(8-10-24)23-11-13-25(34)14-12-23)19-30(37-38)32-28(17-21-5-3-2-4-6-21)27-18-26(35)15-16-29(27)36-33(32)40/h2-16,18,31H,17,19H2,1H3,(H,36,40). The topological polar surface area (TPSA) is 65.5 Å². The molecule has 0 bridgehead atoms. The molecule has 0 saturated heterocycles. The third kappa shape index (κ3) is 5.06. The first kappa shape index (κ1) is 26.1. The third-order valence-corrected chi connectivity index (χ3v) is 7.79. The van der Waals surface area contributed by atoms with Gasteiger partial charge < -0.3 is 4.98 Å². The van der Waals surface area contributed by atoms with Crippen LogP contribution in [0.25, 0.3) is 22.0 Å². The number of hydrazone groups is 1. The van der Waals surface area contributed by atoms with Gasteiger partial charge in [-0.1, -0.05) is 89.9 Å². The number of nitrogens with one attached hydrogen (secondary N) is 1. The Morgan fingerprint density at radius 2 is 1.55 bits per heavy atom. The van der Waals surface area contributed by atoms with Crippen molar-refractivity contribution in [3.63, 3.8) is 0 Å². The molecule has 6 rings (SSSR count). The fraction of sp³-hybridized carbons (Fsp3) is 0.121. The van der Waals surface area contributed by atoms with Crippen LogP contribution in [0.3, 0.4) is 0 Å². The molecule has 2 heterocycles. The van der Waals surface area contributed by atoms with Crippen molar-refractivity contribution in [1.29, 1.82) is 0 Å². The molecule has 0 fully saturated rings. The molecule has 1 aliphatic heterocycles. The maximum absolute atomic E-state index is 13.6. The van der Waals surface area contributed by atoms with Gasteiger partial charge in [-0.3, -0.25) is 9.59 Å². The monoisotopic (exact) mass is 565 g/mol. The van der Waals surface area contributed by atoms with E-state index in [4.69, 9.17) is 28.3 Å². The highest BCUT2D eigenvalue weighted by molar-refractivity contribution is 6.31. The fourth-order valence-corrected chi connectivity index (χ4v) is 5.67. The van der Waals surface area contributed by atoms with Crippen molar-refractivity contribution in [2.45, 2.75) is 25.8 Å². The average molecular weight is 566 g/mol. The molecule has 0 spiro atoms. The van der Waals surface area contributed by atoms with Gasteiger partial charge in [0.05, 0.1) is 17.3 Å². The number of fused-ring (bicyclic) bond motifs is 1. The molecule has 0 aliphatic carbocycles. The summed E-state index contributed by atoms with van der Waals surface area (Å²) < 4.78 is 0. The minimum atomic E-state index is -0.328. The molecule has 7 heteroatoms. The highest BCUT2D eigenvalue weighted by atomic mass is 35.5. The van der Waals surface area contributed by atoms with Gasteiger partial charge in [0.25, 0.3) is 5.56 Å². The number of carbonyl (C=O) groups is 1. The number of halogens is 2. The Bertz CT molecular complexity index is 1810. The van der Waals surface area contributed by atoms with Crippen molar-refractivity contribution in [2.75, 3.05) is 0 Å². The maximum Gasteiger partial charge on any atom is 0.257 e. The van der Waals surface area contributed by atoms with E-state index in [2.05, 4.69) is 4.98 Å². The van der Waals surface area contributed by atoms with Gasteiger partial charge in [-0.25, -0.2) is 5.01 Å². The van der Waals surface area contributed by atoms with Crippen LogP contribution in [0, 0.1) is 0 Å². The zero-order valence-corrected chi connectivity index (χ0v) is 23.2. The van der Waals surface area contributed by atoms with Gasteiger partial charge in [0.2, 0.25) is 5.91 Å². The average Bonchev–Trinajstić information content (AvgIpc) is 3.40. The Morgan fingerprint density at radius 3 is 2.23 bits per heavy atom. The van der Waals surface area contributed by atoms with E-state index in [1.807, 2.05) is 91.0 Å². The number of nitrogens with zero attached hydrogens (tertiary/aromatic N) is 2. The molecular weight excluding hydrogens is 541 g/mol. The molecule has 4 aromatic carbocycles. The quantitative estimate of drug-likeness (QED) is 0.236. The maximum atomic E-state index is 13.6. The van der Waals surface area contributed by atoms with Crippen LogP contribution < -0.4 is 5.56 Å². The zero-order chi connectivity index (χ0) is 27.8. The first-order valence-electron chi connectivity index (χ1n) is 13.0. The molecule has 1 amide bonds.